The molecule has 0 atom stereocenters. The van der Waals surface area contributed by atoms with E-state index >= 15 is 0 Å². The largest absolute Gasteiger partial charge is 0.381 e. The number of benzene rings is 1. The van der Waals surface area contributed by atoms with Crippen LogP contribution in [0.1, 0.15) is 12.8 Å². The molecule has 0 radical (unpaired) electrons. The highest BCUT2D eigenvalue weighted by molar-refractivity contribution is 7.99. The average molecular weight is 294 g/mol. The van der Waals surface area contributed by atoms with Gasteiger partial charge in [0, 0.05) is 37.0 Å². The highest BCUT2D eigenvalue weighted by Gasteiger charge is 2.38. The molecule has 110 valence electrons. The molecule has 3 N–H and O–H groups in total. The number of nitrogens with one attached hydrogen (secondary N) is 1. The molecule has 2 rings (SSSR count). The lowest BCUT2D eigenvalue weighted by molar-refractivity contribution is -0.135. The van der Waals surface area contributed by atoms with Crippen LogP contribution in [0.15, 0.2) is 35.2 Å². The van der Waals surface area contributed by atoms with E-state index in [2.05, 4.69) is 17.4 Å². The van der Waals surface area contributed by atoms with Gasteiger partial charge >= 0.3 is 0 Å². The first kappa shape index (κ1) is 15.4. The first-order valence-corrected chi connectivity index (χ1v) is 7.99. The molecule has 1 aliphatic heterocycles. The molecule has 20 heavy (non-hydrogen) atoms. The highest BCUT2D eigenvalue weighted by Crippen LogP contribution is 2.29. The summed E-state index contributed by atoms with van der Waals surface area (Å²) in [6.07, 6.45) is 1.45. The van der Waals surface area contributed by atoms with Crippen molar-refractivity contribution in [1.29, 1.82) is 0 Å². The van der Waals surface area contributed by atoms with Crippen LogP contribution in [0.5, 0.6) is 0 Å². The molecule has 0 bridgehead atoms. The van der Waals surface area contributed by atoms with Gasteiger partial charge in [-0.2, -0.15) is 0 Å². The Bertz CT molecular complexity index is 419. The molecular formula is C15H22N2O2S. The standard InChI is InChI=1S/C15H22N2O2S/c16-12-15(6-9-19-10-7-15)14(18)17-8-11-20-13-4-2-1-3-5-13/h1-5H,6-12,16H2,(H,17,18). The van der Waals surface area contributed by atoms with Crippen LogP contribution in [0.3, 0.4) is 0 Å². The van der Waals surface area contributed by atoms with Crippen molar-refractivity contribution in [2.75, 3.05) is 32.1 Å². The van der Waals surface area contributed by atoms with Crippen LogP contribution in [-0.4, -0.2) is 38.0 Å². The maximum absolute atomic E-state index is 12.3. The van der Waals surface area contributed by atoms with Crippen LogP contribution in [0.2, 0.25) is 0 Å². The third-order valence-electron chi connectivity index (χ3n) is 3.72. The third-order valence-corrected chi connectivity index (χ3v) is 4.74. The average Bonchev–Trinajstić information content (AvgIpc) is 2.53. The van der Waals surface area contributed by atoms with Crippen LogP contribution in [0.4, 0.5) is 0 Å². The predicted octanol–water partition coefficient (Wildman–Crippen LogP) is 1.65. The van der Waals surface area contributed by atoms with E-state index in [0.717, 1.165) is 18.6 Å². The molecule has 4 nitrogen and oxygen atoms in total. The molecule has 0 spiro atoms. The van der Waals surface area contributed by atoms with Crippen molar-refractivity contribution in [2.24, 2.45) is 11.1 Å². The molecule has 1 saturated heterocycles. The Hall–Kier alpha value is -1.04. The van der Waals surface area contributed by atoms with Crippen molar-refractivity contribution in [3.63, 3.8) is 0 Å². The molecule has 1 aromatic rings. The smallest absolute Gasteiger partial charge is 0.227 e. The molecule has 0 aromatic heterocycles. The van der Waals surface area contributed by atoms with Gasteiger partial charge < -0.3 is 15.8 Å². The lowest BCUT2D eigenvalue weighted by atomic mass is 9.79. The van der Waals surface area contributed by atoms with Gasteiger partial charge in [0.1, 0.15) is 0 Å². The Kier molecular flexibility index (Phi) is 5.88. The van der Waals surface area contributed by atoms with E-state index in [-0.39, 0.29) is 5.91 Å². The van der Waals surface area contributed by atoms with E-state index in [1.165, 1.54) is 4.90 Å². The summed E-state index contributed by atoms with van der Waals surface area (Å²) in [6.45, 7) is 2.32. The second-order valence-electron chi connectivity index (χ2n) is 5.01. The van der Waals surface area contributed by atoms with Gasteiger partial charge in [0.05, 0.1) is 5.41 Å². The van der Waals surface area contributed by atoms with Gasteiger partial charge in [-0.25, -0.2) is 0 Å². The van der Waals surface area contributed by atoms with E-state index < -0.39 is 5.41 Å². The van der Waals surface area contributed by atoms with E-state index in [0.29, 0.717) is 26.3 Å². The summed E-state index contributed by atoms with van der Waals surface area (Å²) < 4.78 is 5.32. The molecule has 1 heterocycles. The molecular weight excluding hydrogens is 272 g/mol. The van der Waals surface area contributed by atoms with E-state index in [9.17, 15) is 4.79 Å². The normalized spacial score (nSPS) is 17.6. The van der Waals surface area contributed by atoms with Crippen LogP contribution in [0, 0.1) is 5.41 Å². The molecule has 1 aliphatic rings. The first-order chi connectivity index (χ1) is 9.77. The van der Waals surface area contributed by atoms with E-state index in [1.54, 1.807) is 11.8 Å². The summed E-state index contributed by atoms with van der Waals surface area (Å²) in [4.78, 5) is 13.5. The topological polar surface area (TPSA) is 64.4 Å². The van der Waals surface area contributed by atoms with Crippen molar-refractivity contribution in [2.45, 2.75) is 17.7 Å². The molecule has 0 unspecified atom stereocenters. The van der Waals surface area contributed by atoms with Gasteiger partial charge in [-0.05, 0) is 25.0 Å². The maximum atomic E-state index is 12.3. The number of carbonyl (C=O) groups is 1. The Morgan fingerprint density at radius 3 is 2.65 bits per heavy atom. The highest BCUT2D eigenvalue weighted by atomic mass is 32.2. The fraction of sp³-hybridized carbons (Fsp3) is 0.533. The monoisotopic (exact) mass is 294 g/mol. The van der Waals surface area contributed by atoms with Crippen LogP contribution in [0.25, 0.3) is 0 Å². The number of hydrogen-bond donors (Lipinski definition) is 2. The van der Waals surface area contributed by atoms with Gasteiger partial charge in [-0.3, -0.25) is 4.79 Å². The van der Waals surface area contributed by atoms with Gasteiger partial charge in [0.25, 0.3) is 0 Å². The fourth-order valence-electron chi connectivity index (χ4n) is 2.32. The third kappa shape index (κ3) is 3.98. The number of ether oxygens (including phenoxy) is 1. The lowest BCUT2D eigenvalue weighted by Gasteiger charge is -2.34. The molecule has 0 saturated carbocycles. The molecule has 1 fully saturated rings. The molecule has 1 amide bonds. The minimum absolute atomic E-state index is 0.0805. The quantitative estimate of drug-likeness (QED) is 0.618. The van der Waals surface area contributed by atoms with Gasteiger partial charge in [-0.15, -0.1) is 11.8 Å². The number of amides is 1. The number of rotatable bonds is 6. The summed E-state index contributed by atoms with van der Waals surface area (Å²) in [5, 5.41) is 3.02. The Labute approximate surface area is 124 Å². The second-order valence-corrected chi connectivity index (χ2v) is 6.18. The van der Waals surface area contributed by atoms with Crippen molar-refractivity contribution in [3.8, 4) is 0 Å². The maximum Gasteiger partial charge on any atom is 0.227 e. The molecule has 1 aromatic carbocycles. The van der Waals surface area contributed by atoms with Crippen LogP contribution >= 0.6 is 11.8 Å². The molecule has 0 aliphatic carbocycles. The number of carbonyl (C=O) groups excluding carboxylic acids is 1. The molecule has 5 heteroatoms. The van der Waals surface area contributed by atoms with Gasteiger partial charge in [0.15, 0.2) is 0 Å². The number of nitrogens with two attached hydrogens (primary N) is 1. The zero-order valence-corrected chi connectivity index (χ0v) is 12.5. The number of hydrogen-bond acceptors (Lipinski definition) is 4. The van der Waals surface area contributed by atoms with E-state index in [4.69, 9.17) is 10.5 Å². The zero-order chi connectivity index (χ0) is 14.3. The van der Waals surface area contributed by atoms with Crippen molar-refractivity contribution >= 4 is 17.7 Å². The van der Waals surface area contributed by atoms with Crippen LogP contribution in [-0.2, 0) is 9.53 Å². The Balaban J connectivity index is 1.74. The first-order valence-electron chi connectivity index (χ1n) is 7.01. The number of thioether (sulfide) groups is 1. The summed E-state index contributed by atoms with van der Waals surface area (Å²) >= 11 is 1.74. The summed E-state index contributed by atoms with van der Waals surface area (Å²) in [5.41, 5.74) is 5.39. The second kappa shape index (κ2) is 7.67. The Morgan fingerprint density at radius 2 is 2.00 bits per heavy atom. The summed E-state index contributed by atoms with van der Waals surface area (Å²) in [5.74, 6) is 0.948. The zero-order valence-electron chi connectivity index (χ0n) is 11.6. The predicted molar refractivity (Wildman–Crippen MR) is 81.7 cm³/mol. The van der Waals surface area contributed by atoms with Gasteiger partial charge in [0.2, 0.25) is 5.91 Å². The fourth-order valence-corrected chi connectivity index (χ4v) is 3.11. The van der Waals surface area contributed by atoms with E-state index in [1.807, 2.05) is 18.2 Å². The van der Waals surface area contributed by atoms with Crippen molar-refractivity contribution in [3.05, 3.63) is 30.3 Å². The van der Waals surface area contributed by atoms with Crippen LogP contribution < -0.4 is 11.1 Å². The lowest BCUT2D eigenvalue weighted by Crippen LogP contribution is -2.49. The minimum Gasteiger partial charge on any atom is -0.381 e. The Morgan fingerprint density at radius 1 is 1.30 bits per heavy atom. The van der Waals surface area contributed by atoms with Crippen molar-refractivity contribution in [1.82, 2.24) is 5.32 Å². The van der Waals surface area contributed by atoms with Gasteiger partial charge in [-0.1, -0.05) is 18.2 Å². The van der Waals surface area contributed by atoms with Crippen molar-refractivity contribution < 1.29 is 9.53 Å². The summed E-state index contributed by atoms with van der Waals surface area (Å²) in [6, 6.07) is 10.2. The minimum atomic E-state index is -0.421. The SMILES string of the molecule is NCC1(C(=O)NCCSc2ccccc2)CCOCC1. The summed E-state index contributed by atoms with van der Waals surface area (Å²) in [7, 11) is 0.